The number of nitrogens with zero attached hydrogens (tertiary/aromatic N) is 2. The summed E-state index contributed by atoms with van der Waals surface area (Å²) in [6, 6.07) is 0. The molecule has 0 N–H and O–H groups in total. The van der Waals surface area contributed by atoms with Crippen molar-refractivity contribution >= 4 is 12.1 Å². The van der Waals surface area contributed by atoms with Crippen molar-refractivity contribution in [1.29, 1.82) is 0 Å². The Labute approximate surface area is 82.5 Å². The van der Waals surface area contributed by atoms with Gasteiger partial charge in [0.15, 0.2) is 0 Å². The van der Waals surface area contributed by atoms with Gasteiger partial charge in [0, 0.05) is 18.3 Å². The molecular weight excluding hydrogens is 160 g/mol. The van der Waals surface area contributed by atoms with Crippen LogP contribution in [-0.2, 0) is 0 Å². The van der Waals surface area contributed by atoms with Crippen LogP contribution in [0.1, 0.15) is 41.0 Å². The van der Waals surface area contributed by atoms with Crippen LogP contribution < -0.4 is 0 Å². The summed E-state index contributed by atoms with van der Waals surface area (Å²) >= 11 is 0. The summed E-state index contributed by atoms with van der Waals surface area (Å²) in [5.74, 6) is 1.22. The summed E-state index contributed by atoms with van der Waals surface area (Å²) in [7, 11) is 0. The summed E-state index contributed by atoms with van der Waals surface area (Å²) in [6.07, 6.45) is 4.34. The van der Waals surface area contributed by atoms with E-state index in [1.165, 1.54) is 6.20 Å². The lowest BCUT2D eigenvalue weighted by atomic mass is 10.2. The summed E-state index contributed by atoms with van der Waals surface area (Å²) in [5.41, 5.74) is 0. The zero-order chi connectivity index (χ0) is 10.7. The maximum atomic E-state index is 4.19. The molecule has 0 bridgehead atoms. The third-order valence-corrected chi connectivity index (χ3v) is 1.15. The Balaban J connectivity index is 0. The molecule has 0 spiro atoms. The molecule has 0 aromatic carbocycles. The number of hydrogen-bond donors (Lipinski definition) is 0. The third-order valence-electron chi connectivity index (χ3n) is 1.15. The van der Waals surface area contributed by atoms with Gasteiger partial charge in [-0.05, 0) is 6.42 Å². The van der Waals surface area contributed by atoms with Crippen LogP contribution in [0.5, 0.6) is 0 Å². The highest BCUT2D eigenvalue weighted by atomic mass is 14.9. The van der Waals surface area contributed by atoms with Gasteiger partial charge in [-0.3, -0.25) is 0 Å². The average Bonchev–Trinajstić information content (AvgIpc) is 2.15. The van der Waals surface area contributed by atoms with Crippen LogP contribution >= 0.6 is 0 Å². The molecule has 76 valence electrons. The van der Waals surface area contributed by atoms with Gasteiger partial charge in [0.1, 0.15) is 5.84 Å². The van der Waals surface area contributed by atoms with Gasteiger partial charge in [-0.15, -0.1) is 0 Å². The lowest BCUT2D eigenvalue weighted by molar-refractivity contribution is 0.873. The van der Waals surface area contributed by atoms with Gasteiger partial charge >= 0.3 is 0 Å². The zero-order valence-electron chi connectivity index (χ0n) is 9.54. The summed E-state index contributed by atoms with van der Waals surface area (Å²) in [6.45, 7) is 13.7. The van der Waals surface area contributed by atoms with Crippen molar-refractivity contribution in [3.8, 4) is 0 Å². The maximum absolute atomic E-state index is 4.19. The molecule has 0 saturated heterocycles. The van der Waals surface area contributed by atoms with E-state index in [4.69, 9.17) is 0 Å². The second kappa shape index (κ2) is 11.1. The van der Waals surface area contributed by atoms with Gasteiger partial charge in [-0.1, -0.05) is 41.2 Å². The van der Waals surface area contributed by atoms with Gasteiger partial charge in [0.05, 0.1) is 0 Å². The predicted octanol–water partition coefficient (Wildman–Crippen LogP) is 3.69. The van der Waals surface area contributed by atoms with Crippen molar-refractivity contribution in [2.75, 3.05) is 0 Å². The van der Waals surface area contributed by atoms with Crippen LogP contribution in [0.3, 0.4) is 0 Å². The first-order valence-corrected chi connectivity index (χ1v) is 4.93. The van der Waals surface area contributed by atoms with E-state index >= 15 is 0 Å². The number of amidine groups is 1. The molecule has 0 atom stereocenters. The van der Waals surface area contributed by atoms with Crippen molar-refractivity contribution in [3.05, 3.63) is 12.8 Å². The highest BCUT2D eigenvalue weighted by Gasteiger charge is 1.99. The van der Waals surface area contributed by atoms with E-state index in [1.54, 1.807) is 0 Å². The molecule has 2 nitrogen and oxygen atoms in total. The van der Waals surface area contributed by atoms with Crippen molar-refractivity contribution in [2.24, 2.45) is 15.9 Å². The third kappa shape index (κ3) is 8.99. The van der Waals surface area contributed by atoms with Crippen LogP contribution in [0, 0.1) is 5.92 Å². The van der Waals surface area contributed by atoms with Gasteiger partial charge in [0.25, 0.3) is 0 Å². The molecule has 0 aliphatic heterocycles. The fourth-order valence-corrected chi connectivity index (χ4v) is 0.610. The quantitative estimate of drug-likeness (QED) is 0.470. The van der Waals surface area contributed by atoms with E-state index in [0.717, 1.165) is 12.3 Å². The minimum Gasteiger partial charge on any atom is -0.246 e. The van der Waals surface area contributed by atoms with E-state index in [0.29, 0.717) is 5.92 Å². The Hall–Kier alpha value is -0.920. The van der Waals surface area contributed by atoms with Crippen molar-refractivity contribution in [1.82, 2.24) is 0 Å². The average molecular weight is 182 g/mol. The first-order valence-electron chi connectivity index (χ1n) is 4.93. The first kappa shape index (κ1) is 14.6. The second-order valence-corrected chi connectivity index (χ2v) is 2.54. The molecule has 13 heavy (non-hydrogen) atoms. The van der Waals surface area contributed by atoms with E-state index in [-0.39, 0.29) is 0 Å². The number of hydrogen-bond acceptors (Lipinski definition) is 1. The van der Waals surface area contributed by atoms with Crippen LogP contribution in [0.25, 0.3) is 0 Å². The van der Waals surface area contributed by atoms with Gasteiger partial charge in [-0.25, -0.2) is 9.98 Å². The molecule has 0 fully saturated rings. The van der Waals surface area contributed by atoms with Gasteiger partial charge in [-0.2, -0.15) is 0 Å². The van der Waals surface area contributed by atoms with E-state index in [9.17, 15) is 0 Å². The van der Waals surface area contributed by atoms with Crippen LogP contribution in [0.4, 0.5) is 0 Å². The lowest BCUT2D eigenvalue weighted by Gasteiger charge is -2.01. The number of aliphatic imine (C=N–C) groups is 2. The summed E-state index contributed by atoms with van der Waals surface area (Å²) in [5, 5.41) is 0. The smallest absolute Gasteiger partial charge is 0.130 e. The molecule has 0 aromatic heterocycles. The molecule has 0 radical (unpaired) electrons. The molecule has 0 saturated carbocycles. The fraction of sp³-hybridized carbons (Fsp3) is 0.636. The maximum Gasteiger partial charge on any atom is 0.130 e. The minimum atomic E-state index is 0.371. The molecule has 0 amide bonds. The van der Waals surface area contributed by atoms with E-state index < -0.39 is 0 Å². The Morgan fingerprint density at radius 2 is 1.92 bits per heavy atom. The molecular formula is C11H22N2. The van der Waals surface area contributed by atoms with Crippen molar-refractivity contribution < 1.29 is 0 Å². The Kier molecular flexibility index (Phi) is 12.4. The largest absolute Gasteiger partial charge is 0.246 e. The van der Waals surface area contributed by atoms with E-state index in [1.807, 2.05) is 20.1 Å². The Bertz CT molecular complexity index is 167. The molecule has 0 unspecified atom stereocenters. The zero-order valence-corrected chi connectivity index (χ0v) is 9.54. The topological polar surface area (TPSA) is 24.7 Å². The highest BCUT2D eigenvalue weighted by molar-refractivity contribution is 5.91. The monoisotopic (exact) mass is 182 g/mol. The van der Waals surface area contributed by atoms with Crippen LogP contribution in [-0.4, -0.2) is 12.1 Å². The van der Waals surface area contributed by atoms with Crippen LogP contribution in [0.15, 0.2) is 22.8 Å². The Morgan fingerprint density at radius 3 is 2.23 bits per heavy atom. The van der Waals surface area contributed by atoms with Gasteiger partial charge in [0.2, 0.25) is 0 Å². The summed E-state index contributed by atoms with van der Waals surface area (Å²) < 4.78 is 0. The van der Waals surface area contributed by atoms with E-state index in [2.05, 4.69) is 37.3 Å². The van der Waals surface area contributed by atoms with Crippen molar-refractivity contribution in [3.63, 3.8) is 0 Å². The molecule has 0 heterocycles. The lowest BCUT2D eigenvalue weighted by Crippen LogP contribution is -2.03. The molecule has 0 aliphatic rings. The Morgan fingerprint density at radius 1 is 1.38 bits per heavy atom. The molecule has 0 rings (SSSR count). The van der Waals surface area contributed by atoms with Crippen molar-refractivity contribution in [2.45, 2.75) is 41.0 Å². The van der Waals surface area contributed by atoms with Gasteiger partial charge < -0.3 is 0 Å². The molecule has 2 heteroatoms. The summed E-state index contributed by atoms with van der Waals surface area (Å²) in [4.78, 5) is 8.23. The number of rotatable bonds is 3. The fourth-order valence-electron chi connectivity index (χ4n) is 0.610. The van der Waals surface area contributed by atoms with Crippen LogP contribution in [0.2, 0.25) is 0 Å². The molecule has 0 aromatic rings. The predicted molar refractivity (Wildman–Crippen MR) is 62.6 cm³/mol. The molecule has 0 aliphatic carbocycles. The standard InChI is InChI=1S/C9H16N2.C2H6/c1-5-7-11-9(8(3)4)10-6-2;1-2/h6-8H,2,5H2,1,3-4H3;1-2H3. The highest BCUT2D eigenvalue weighted by Crippen LogP contribution is 1.98. The first-order chi connectivity index (χ1) is 6.22. The minimum absolute atomic E-state index is 0.371. The normalized spacial score (nSPS) is 11.4. The second-order valence-electron chi connectivity index (χ2n) is 2.54. The SMILES string of the molecule is C=CN=C(N=CCC)C(C)C.CC.